The minimum absolute atomic E-state index is 0.268. The normalized spacial score (nSPS) is 18.5. The first-order valence-electron chi connectivity index (χ1n) is 5.16. The van der Waals surface area contributed by atoms with Gasteiger partial charge in [0.25, 0.3) is 0 Å². The van der Waals surface area contributed by atoms with Crippen LogP contribution >= 0.6 is 0 Å². The summed E-state index contributed by atoms with van der Waals surface area (Å²) in [7, 11) is 0. The standard InChI is InChI=1S/C12H14O3/c13-7-3-5-10-4-1-2-6-12(10)15-9-11-8-14-11/h1-2,4,6-7,11H,3,5,8-9H2. The molecule has 1 saturated heterocycles. The number of rotatable bonds is 6. The van der Waals surface area contributed by atoms with Crippen LogP contribution < -0.4 is 4.74 Å². The van der Waals surface area contributed by atoms with E-state index in [1.807, 2.05) is 24.3 Å². The van der Waals surface area contributed by atoms with Crippen molar-refractivity contribution >= 4 is 6.29 Å². The molecule has 0 radical (unpaired) electrons. The van der Waals surface area contributed by atoms with Gasteiger partial charge in [-0.1, -0.05) is 18.2 Å². The number of aldehydes is 1. The van der Waals surface area contributed by atoms with Crippen molar-refractivity contribution in [2.45, 2.75) is 18.9 Å². The number of carbonyl (C=O) groups excluding carboxylic acids is 1. The highest BCUT2D eigenvalue weighted by Gasteiger charge is 2.23. The minimum Gasteiger partial charge on any atom is -0.491 e. The number of benzene rings is 1. The molecular weight excluding hydrogens is 192 g/mol. The molecule has 0 amide bonds. The lowest BCUT2D eigenvalue weighted by atomic mass is 10.1. The second kappa shape index (κ2) is 4.94. The lowest BCUT2D eigenvalue weighted by Crippen LogP contribution is -2.05. The van der Waals surface area contributed by atoms with Gasteiger partial charge < -0.3 is 14.3 Å². The zero-order chi connectivity index (χ0) is 10.5. The Hall–Kier alpha value is -1.35. The number of epoxide rings is 1. The molecule has 1 unspecified atom stereocenters. The molecule has 1 atom stereocenters. The fourth-order valence-corrected chi connectivity index (χ4v) is 1.41. The summed E-state index contributed by atoms with van der Waals surface area (Å²) in [6, 6.07) is 7.82. The van der Waals surface area contributed by atoms with E-state index < -0.39 is 0 Å². The Labute approximate surface area is 89.0 Å². The number of para-hydroxylation sites is 1. The molecule has 1 aliphatic rings. The van der Waals surface area contributed by atoms with Gasteiger partial charge in [-0.15, -0.1) is 0 Å². The van der Waals surface area contributed by atoms with Gasteiger partial charge in [0.1, 0.15) is 24.7 Å². The van der Waals surface area contributed by atoms with E-state index in [0.29, 0.717) is 13.0 Å². The van der Waals surface area contributed by atoms with E-state index in [2.05, 4.69) is 0 Å². The van der Waals surface area contributed by atoms with E-state index >= 15 is 0 Å². The van der Waals surface area contributed by atoms with Crippen LogP contribution in [0.15, 0.2) is 24.3 Å². The highest BCUT2D eigenvalue weighted by molar-refractivity contribution is 5.50. The average Bonchev–Trinajstić information content (AvgIpc) is 3.08. The molecule has 0 aromatic heterocycles. The van der Waals surface area contributed by atoms with Crippen LogP contribution in [0.25, 0.3) is 0 Å². The molecule has 1 aromatic carbocycles. The Kier molecular flexibility index (Phi) is 3.35. The van der Waals surface area contributed by atoms with Gasteiger partial charge in [-0.05, 0) is 18.1 Å². The van der Waals surface area contributed by atoms with Gasteiger partial charge in [0.15, 0.2) is 0 Å². The van der Waals surface area contributed by atoms with Crippen molar-refractivity contribution in [3.05, 3.63) is 29.8 Å². The first kappa shape index (κ1) is 10.2. The van der Waals surface area contributed by atoms with Crippen LogP contribution in [0.4, 0.5) is 0 Å². The van der Waals surface area contributed by atoms with Crippen molar-refractivity contribution in [2.24, 2.45) is 0 Å². The molecule has 0 N–H and O–H groups in total. The molecule has 0 saturated carbocycles. The second-order valence-electron chi connectivity index (χ2n) is 3.58. The molecule has 0 aliphatic carbocycles. The Morgan fingerprint density at radius 1 is 1.47 bits per heavy atom. The third kappa shape index (κ3) is 3.06. The molecule has 1 fully saturated rings. The zero-order valence-corrected chi connectivity index (χ0v) is 8.52. The number of aryl methyl sites for hydroxylation is 1. The molecule has 15 heavy (non-hydrogen) atoms. The lowest BCUT2D eigenvalue weighted by Gasteiger charge is -2.09. The molecule has 3 heteroatoms. The third-order valence-electron chi connectivity index (χ3n) is 2.33. The Morgan fingerprint density at radius 3 is 3.00 bits per heavy atom. The van der Waals surface area contributed by atoms with Gasteiger partial charge >= 0.3 is 0 Å². The van der Waals surface area contributed by atoms with Gasteiger partial charge in [0, 0.05) is 6.42 Å². The van der Waals surface area contributed by atoms with Crippen LogP contribution in [0.5, 0.6) is 5.75 Å². The summed E-state index contributed by atoms with van der Waals surface area (Å²) in [5.74, 6) is 0.870. The quantitative estimate of drug-likeness (QED) is 0.524. The van der Waals surface area contributed by atoms with Gasteiger partial charge in [0.2, 0.25) is 0 Å². The highest BCUT2D eigenvalue weighted by atomic mass is 16.6. The van der Waals surface area contributed by atoms with E-state index in [1.165, 1.54) is 0 Å². The summed E-state index contributed by atoms with van der Waals surface area (Å²) in [5, 5.41) is 0. The van der Waals surface area contributed by atoms with E-state index in [-0.39, 0.29) is 6.10 Å². The first-order valence-corrected chi connectivity index (χ1v) is 5.16. The van der Waals surface area contributed by atoms with Crippen LogP contribution in [0.1, 0.15) is 12.0 Å². The number of ether oxygens (including phenoxy) is 2. The molecule has 1 aromatic rings. The Bertz CT molecular complexity index is 331. The zero-order valence-electron chi connectivity index (χ0n) is 8.52. The Morgan fingerprint density at radius 2 is 2.27 bits per heavy atom. The number of hydrogen-bond donors (Lipinski definition) is 0. The maximum absolute atomic E-state index is 10.3. The van der Waals surface area contributed by atoms with Crippen molar-refractivity contribution < 1.29 is 14.3 Å². The van der Waals surface area contributed by atoms with Gasteiger partial charge in [-0.2, -0.15) is 0 Å². The van der Waals surface area contributed by atoms with Crippen molar-refractivity contribution in [3.63, 3.8) is 0 Å². The predicted molar refractivity (Wildman–Crippen MR) is 56.1 cm³/mol. The van der Waals surface area contributed by atoms with E-state index in [4.69, 9.17) is 9.47 Å². The van der Waals surface area contributed by atoms with Crippen LogP contribution in [0.2, 0.25) is 0 Å². The molecule has 0 spiro atoms. The van der Waals surface area contributed by atoms with Crippen molar-refractivity contribution in [3.8, 4) is 5.75 Å². The van der Waals surface area contributed by atoms with Crippen LogP contribution in [-0.4, -0.2) is 25.6 Å². The number of hydrogen-bond acceptors (Lipinski definition) is 3. The van der Waals surface area contributed by atoms with E-state index in [1.54, 1.807) is 0 Å². The van der Waals surface area contributed by atoms with E-state index in [0.717, 1.165) is 30.6 Å². The van der Waals surface area contributed by atoms with E-state index in [9.17, 15) is 4.79 Å². The monoisotopic (exact) mass is 206 g/mol. The molecule has 1 aliphatic heterocycles. The fraction of sp³-hybridized carbons (Fsp3) is 0.417. The summed E-state index contributed by atoms with van der Waals surface area (Å²) in [5.41, 5.74) is 1.09. The predicted octanol–water partition coefficient (Wildman–Crippen LogP) is 1.60. The minimum atomic E-state index is 0.268. The molecule has 1 heterocycles. The SMILES string of the molecule is O=CCCc1ccccc1OCC1CO1. The molecule has 80 valence electrons. The van der Waals surface area contributed by atoms with Crippen LogP contribution in [0.3, 0.4) is 0 Å². The summed E-state index contributed by atoms with van der Waals surface area (Å²) in [6.45, 7) is 1.41. The smallest absolute Gasteiger partial charge is 0.122 e. The average molecular weight is 206 g/mol. The van der Waals surface area contributed by atoms with Crippen molar-refractivity contribution in [1.82, 2.24) is 0 Å². The van der Waals surface area contributed by atoms with Gasteiger partial charge in [-0.3, -0.25) is 0 Å². The maximum atomic E-state index is 10.3. The lowest BCUT2D eigenvalue weighted by molar-refractivity contribution is -0.107. The van der Waals surface area contributed by atoms with Crippen LogP contribution in [0, 0.1) is 0 Å². The summed E-state index contributed by atoms with van der Waals surface area (Å²) in [6.07, 6.45) is 2.48. The third-order valence-corrected chi connectivity index (χ3v) is 2.33. The highest BCUT2D eigenvalue weighted by Crippen LogP contribution is 2.21. The van der Waals surface area contributed by atoms with Gasteiger partial charge in [0.05, 0.1) is 6.61 Å². The topological polar surface area (TPSA) is 38.8 Å². The molecule has 3 nitrogen and oxygen atoms in total. The van der Waals surface area contributed by atoms with Gasteiger partial charge in [-0.25, -0.2) is 0 Å². The van der Waals surface area contributed by atoms with Crippen molar-refractivity contribution in [1.29, 1.82) is 0 Å². The second-order valence-corrected chi connectivity index (χ2v) is 3.58. The first-order chi connectivity index (χ1) is 7.40. The molecular formula is C12H14O3. The summed E-state index contributed by atoms with van der Waals surface area (Å²) in [4.78, 5) is 10.3. The van der Waals surface area contributed by atoms with Crippen LogP contribution in [-0.2, 0) is 16.0 Å². The molecule has 0 bridgehead atoms. The fourth-order valence-electron chi connectivity index (χ4n) is 1.41. The summed E-state index contributed by atoms with van der Waals surface area (Å²) >= 11 is 0. The maximum Gasteiger partial charge on any atom is 0.122 e. The molecule has 2 rings (SSSR count). The van der Waals surface area contributed by atoms with Crippen molar-refractivity contribution in [2.75, 3.05) is 13.2 Å². The largest absolute Gasteiger partial charge is 0.491 e. The Balaban J connectivity index is 1.95. The summed E-state index contributed by atoms with van der Waals surface area (Å²) < 4.78 is 10.7. The number of carbonyl (C=O) groups is 1.